The fourth-order valence-corrected chi connectivity index (χ4v) is 2.78. The number of anilines is 2. The minimum absolute atomic E-state index is 0.0647. The number of carbonyl (C=O) groups excluding carboxylic acids is 1. The Kier molecular flexibility index (Phi) is 5.09. The highest BCUT2D eigenvalue weighted by Crippen LogP contribution is 2.30. The lowest BCUT2D eigenvalue weighted by Gasteiger charge is -2.09. The van der Waals surface area contributed by atoms with Crippen LogP contribution in [-0.4, -0.2) is 15.9 Å². The summed E-state index contributed by atoms with van der Waals surface area (Å²) in [5, 5.41) is 2.45. The molecule has 1 aromatic carbocycles. The zero-order valence-corrected chi connectivity index (χ0v) is 14.4. The number of alkyl halides is 3. The smallest absolute Gasteiger partial charge is 0.368 e. The molecule has 0 saturated heterocycles. The molecule has 136 valence electrons. The molecule has 0 unspecified atom stereocenters. The average Bonchev–Trinajstić information content (AvgIpc) is 3.10. The van der Waals surface area contributed by atoms with Crippen LogP contribution < -0.4 is 11.1 Å². The van der Waals surface area contributed by atoms with Crippen LogP contribution in [-0.2, 0) is 6.18 Å². The number of carbonyl (C=O) groups is 1. The van der Waals surface area contributed by atoms with Crippen molar-refractivity contribution in [3.8, 4) is 11.8 Å². The van der Waals surface area contributed by atoms with Gasteiger partial charge in [0.25, 0.3) is 5.91 Å². The van der Waals surface area contributed by atoms with E-state index in [-0.39, 0.29) is 11.6 Å². The maximum Gasteiger partial charge on any atom is 0.416 e. The Hall–Kier alpha value is -3.38. The Morgan fingerprint density at radius 3 is 2.56 bits per heavy atom. The first-order valence-corrected chi connectivity index (χ1v) is 8.31. The number of nitrogens with zero attached hydrogens (tertiary/aromatic N) is 2. The zero-order chi connectivity index (χ0) is 19.4. The summed E-state index contributed by atoms with van der Waals surface area (Å²) >= 11 is 1.12. The van der Waals surface area contributed by atoms with Crippen molar-refractivity contribution in [3.63, 3.8) is 0 Å². The second-order valence-corrected chi connectivity index (χ2v) is 6.36. The fraction of sp³-hybridized carbons (Fsp3) is 0.0556. The molecule has 27 heavy (non-hydrogen) atoms. The number of nitrogens with two attached hydrogens (primary N) is 1. The fourth-order valence-electron chi connectivity index (χ4n) is 2.03. The molecule has 3 N–H and O–H groups in total. The predicted octanol–water partition coefficient (Wildman–Crippen LogP) is 3.79. The molecule has 0 atom stereocenters. The van der Waals surface area contributed by atoms with Gasteiger partial charge in [-0.2, -0.15) is 13.2 Å². The summed E-state index contributed by atoms with van der Waals surface area (Å²) in [6, 6.07) is 7.65. The largest absolute Gasteiger partial charge is 0.416 e. The van der Waals surface area contributed by atoms with Gasteiger partial charge in [-0.3, -0.25) is 4.79 Å². The van der Waals surface area contributed by atoms with Crippen LogP contribution in [0.3, 0.4) is 0 Å². The van der Waals surface area contributed by atoms with Gasteiger partial charge in [-0.15, -0.1) is 11.3 Å². The topological polar surface area (TPSA) is 80.9 Å². The van der Waals surface area contributed by atoms with Gasteiger partial charge in [0.1, 0.15) is 0 Å². The highest BCUT2D eigenvalue weighted by atomic mass is 32.1. The average molecular weight is 388 g/mol. The lowest BCUT2D eigenvalue weighted by Crippen LogP contribution is -2.11. The number of aromatic nitrogens is 2. The van der Waals surface area contributed by atoms with E-state index >= 15 is 0 Å². The van der Waals surface area contributed by atoms with Gasteiger partial charge in [-0.25, -0.2) is 9.97 Å². The van der Waals surface area contributed by atoms with Gasteiger partial charge >= 0.3 is 6.18 Å². The molecule has 3 aromatic rings. The summed E-state index contributed by atoms with van der Waals surface area (Å²) in [7, 11) is 0. The number of halogens is 3. The van der Waals surface area contributed by atoms with Crippen LogP contribution in [0.25, 0.3) is 0 Å². The molecule has 5 nitrogen and oxygen atoms in total. The van der Waals surface area contributed by atoms with Crippen LogP contribution in [0.1, 0.15) is 25.7 Å². The van der Waals surface area contributed by atoms with Crippen LogP contribution in [0.4, 0.5) is 24.8 Å². The number of thiophene rings is 1. The third kappa shape index (κ3) is 4.83. The minimum Gasteiger partial charge on any atom is -0.368 e. The molecule has 0 aliphatic rings. The molecular weight excluding hydrogens is 377 g/mol. The van der Waals surface area contributed by atoms with Gasteiger partial charge in [-0.1, -0.05) is 17.9 Å². The lowest BCUT2D eigenvalue weighted by atomic mass is 10.2. The number of hydrogen-bond donors (Lipinski definition) is 2. The Labute approximate surface area is 156 Å². The van der Waals surface area contributed by atoms with E-state index in [2.05, 4.69) is 27.1 Å². The Bertz CT molecular complexity index is 1030. The summed E-state index contributed by atoms with van der Waals surface area (Å²) in [5.74, 6) is 5.34. The van der Waals surface area contributed by atoms with Crippen LogP contribution in [0, 0.1) is 11.8 Å². The van der Waals surface area contributed by atoms with E-state index in [1.165, 1.54) is 24.5 Å². The molecule has 0 spiro atoms. The SMILES string of the molecule is Nc1ncc(C#Cc2ccc(C(=O)Nc3cccc(C(F)(F)F)c3)s2)cn1. The van der Waals surface area contributed by atoms with Crippen molar-refractivity contribution in [2.24, 2.45) is 0 Å². The molecule has 2 aromatic heterocycles. The first-order chi connectivity index (χ1) is 12.8. The quantitative estimate of drug-likeness (QED) is 0.655. The van der Waals surface area contributed by atoms with Crippen LogP contribution in [0.2, 0.25) is 0 Å². The first kappa shape index (κ1) is 18.4. The monoisotopic (exact) mass is 388 g/mol. The normalized spacial score (nSPS) is 10.8. The second kappa shape index (κ2) is 7.47. The number of nitrogen functional groups attached to an aromatic ring is 1. The Morgan fingerprint density at radius 1 is 1.11 bits per heavy atom. The van der Waals surface area contributed by atoms with Crippen molar-refractivity contribution < 1.29 is 18.0 Å². The van der Waals surface area contributed by atoms with Crippen LogP contribution >= 0.6 is 11.3 Å². The summed E-state index contributed by atoms with van der Waals surface area (Å²) in [6.07, 6.45) is -1.52. The molecular formula is C18H11F3N4OS. The molecule has 0 aliphatic carbocycles. The summed E-state index contributed by atoms with van der Waals surface area (Å²) in [5.41, 5.74) is 5.19. The van der Waals surface area contributed by atoms with Gasteiger partial charge in [0.05, 0.1) is 20.9 Å². The van der Waals surface area contributed by atoms with Gasteiger partial charge in [0.15, 0.2) is 0 Å². The number of amides is 1. The number of rotatable bonds is 2. The van der Waals surface area contributed by atoms with E-state index in [1.54, 1.807) is 12.1 Å². The van der Waals surface area contributed by atoms with Crippen molar-refractivity contribution in [1.82, 2.24) is 9.97 Å². The summed E-state index contributed by atoms with van der Waals surface area (Å²) < 4.78 is 38.2. The van der Waals surface area contributed by atoms with Crippen molar-refractivity contribution in [2.75, 3.05) is 11.1 Å². The maximum atomic E-state index is 12.7. The van der Waals surface area contributed by atoms with Crippen molar-refractivity contribution in [2.45, 2.75) is 6.18 Å². The van der Waals surface area contributed by atoms with Crippen molar-refractivity contribution >= 4 is 28.9 Å². The number of nitrogens with one attached hydrogen (secondary N) is 1. The van der Waals surface area contributed by atoms with Crippen molar-refractivity contribution in [3.05, 3.63) is 69.7 Å². The van der Waals surface area contributed by atoms with Gasteiger partial charge in [0.2, 0.25) is 5.95 Å². The number of hydrogen-bond acceptors (Lipinski definition) is 5. The molecule has 9 heteroatoms. The highest BCUT2D eigenvalue weighted by molar-refractivity contribution is 7.14. The Balaban J connectivity index is 1.71. The molecule has 0 fully saturated rings. The van der Waals surface area contributed by atoms with Crippen LogP contribution in [0.15, 0.2) is 48.8 Å². The molecule has 3 rings (SSSR count). The molecule has 0 saturated carbocycles. The van der Waals surface area contributed by atoms with Gasteiger partial charge < -0.3 is 11.1 Å². The molecule has 0 aliphatic heterocycles. The Morgan fingerprint density at radius 2 is 1.85 bits per heavy atom. The number of benzene rings is 1. The molecule has 1 amide bonds. The van der Waals surface area contributed by atoms with Gasteiger partial charge in [0, 0.05) is 18.1 Å². The van der Waals surface area contributed by atoms with Crippen LogP contribution in [0.5, 0.6) is 0 Å². The van der Waals surface area contributed by atoms with Gasteiger partial charge in [-0.05, 0) is 30.3 Å². The van der Waals surface area contributed by atoms with E-state index in [0.29, 0.717) is 15.3 Å². The summed E-state index contributed by atoms with van der Waals surface area (Å²) in [4.78, 5) is 20.8. The van der Waals surface area contributed by atoms with E-state index in [0.717, 1.165) is 23.5 Å². The standard InChI is InChI=1S/C18H11F3N4OS/c19-18(20,21)12-2-1-3-13(8-12)25-16(26)15-7-6-14(27-15)5-4-11-9-23-17(22)24-10-11/h1-3,6-10H,(H,25,26)(H2,22,23,24). The summed E-state index contributed by atoms with van der Waals surface area (Å²) in [6.45, 7) is 0. The maximum absolute atomic E-state index is 12.7. The predicted molar refractivity (Wildman–Crippen MR) is 96.1 cm³/mol. The molecule has 2 heterocycles. The highest BCUT2D eigenvalue weighted by Gasteiger charge is 2.30. The van der Waals surface area contributed by atoms with Crippen molar-refractivity contribution in [1.29, 1.82) is 0 Å². The molecule has 0 radical (unpaired) electrons. The lowest BCUT2D eigenvalue weighted by molar-refractivity contribution is -0.137. The minimum atomic E-state index is -4.47. The zero-order valence-electron chi connectivity index (χ0n) is 13.5. The second-order valence-electron chi connectivity index (χ2n) is 5.28. The van der Waals surface area contributed by atoms with E-state index in [4.69, 9.17) is 5.73 Å². The third-order valence-electron chi connectivity index (χ3n) is 3.28. The van der Waals surface area contributed by atoms with E-state index < -0.39 is 17.6 Å². The first-order valence-electron chi connectivity index (χ1n) is 7.49. The molecule has 0 bridgehead atoms. The third-order valence-corrected chi connectivity index (χ3v) is 4.28. The van der Waals surface area contributed by atoms with E-state index in [9.17, 15) is 18.0 Å². The van der Waals surface area contributed by atoms with E-state index in [1.807, 2.05) is 0 Å².